The molecule has 0 saturated heterocycles. The van der Waals surface area contributed by atoms with Crippen molar-refractivity contribution >= 4 is 0 Å². The van der Waals surface area contributed by atoms with Gasteiger partial charge in [-0.05, 0) is 45.6 Å². The van der Waals surface area contributed by atoms with E-state index in [2.05, 4.69) is 24.1 Å². The van der Waals surface area contributed by atoms with Gasteiger partial charge < -0.3 is 15.2 Å². The fraction of sp³-hybridized carbons (Fsp3) is 1.00. The van der Waals surface area contributed by atoms with E-state index < -0.39 is 0 Å². The van der Waals surface area contributed by atoms with Crippen LogP contribution in [0.15, 0.2) is 0 Å². The summed E-state index contributed by atoms with van der Waals surface area (Å²) in [5.41, 5.74) is -0.0831. The van der Waals surface area contributed by atoms with E-state index in [9.17, 15) is 5.11 Å². The van der Waals surface area contributed by atoms with E-state index >= 15 is 0 Å². The average molecular weight is 286 g/mol. The smallest absolute Gasteiger partial charge is 0.0613 e. The van der Waals surface area contributed by atoms with Gasteiger partial charge in [0.1, 0.15) is 0 Å². The van der Waals surface area contributed by atoms with Crippen LogP contribution in [0.3, 0.4) is 0 Å². The number of likely N-dealkylation sites (N-methyl/N-ethyl adjacent to an activating group) is 1. The summed E-state index contributed by atoms with van der Waals surface area (Å²) in [6.07, 6.45) is 6.92. The summed E-state index contributed by atoms with van der Waals surface area (Å²) in [7, 11) is 3.76. The molecule has 2 unspecified atom stereocenters. The second-order valence-electron chi connectivity index (χ2n) is 6.14. The van der Waals surface area contributed by atoms with E-state index in [1.807, 2.05) is 7.05 Å². The number of nitrogens with zero attached hydrogens (tertiary/aromatic N) is 1. The van der Waals surface area contributed by atoms with Crippen LogP contribution in [-0.4, -0.2) is 61.5 Å². The maximum absolute atomic E-state index is 9.76. The van der Waals surface area contributed by atoms with E-state index in [1.165, 1.54) is 25.7 Å². The molecule has 0 aliphatic heterocycles. The summed E-state index contributed by atoms with van der Waals surface area (Å²) in [4.78, 5) is 2.63. The van der Waals surface area contributed by atoms with E-state index in [0.29, 0.717) is 12.1 Å². The fourth-order valence-electron chi connectivity index (χ4n) is 3.68. The highest BCUT2D eigenvalue weighted by Crippen LogP contribution is 2.32. The van der Waals surface area contributed by atoms with Crippen molar-refractivity contribution in [2.24, 2.45) is 0 Å². The molecule has 0 aromatic carbocycles. The van der Waals surface area contributed by atoms with Gasteiger partial charge in [0.25, 0.3) is 0 Å². The second kappa shape index (κ2) is 8.98. The van der Waals surface area contributed by atoms with Crippen molar-refractivity contribution in [3.05, 3.63) is 0 Å². The zero-order valence-electron chi connectivity index (χ0n) is 13.8. The van der Waals surface area contributed by atoms with Gasteiger partial charge in [-0.2, -0.15) is 0 Å². The van der Waals surface area contributed by atoms with Gasteiger partial charge in [-0.1, -0.05) is 13.8 Å². The third-order valence-corrected chi connectivity index (χ3v) is 5.09. The third kappa shape index (κ3) is 4.42. The van der Waals surface area contributed by atoms with Crippen LogP contribution in [-0.2, 0) is 4.74 Å². The fourth-order valence-corrected chi connectivity index (χ4v) is 3.68. The molecule has 4 heteroatoms. The van der Waals surface area contributed by atoms with Crippen molar-refractivity contribution in [2.75, 3.05) is 33.9 Å². The predicted molar refractivity (Wildman–Crippen MR) is 84.1 cm³/mol. The Bertz CT molecular complexity index is 253. The summed E-state index contributed by atoms with van der Waals surface area (Å²) >= 11 is 0. The molecule has 20 heavy (non-hydrogen) atoms. The minimum absolute atomic E-state index is 0.0831. The largest absolute Gasteiger partial charge is 0.394 e. The molecule has 1 saturated carbocycles. The van der Waals surface area contributed by atoms with Crippen molar-refractivity contribution in [3.63, 3.8) is 0 Å². The normalized spacial score (nSPS) is 27.4. The van der Waals surface area contributed by atoms with Crippen molar-refractivity contribution in [1.29, 1.82) is 0 Å². The van der Waals surface area contributed by atoms with Gasteiger partial charge >= 0.3 is 0 Å². The molecule has 0 bridgehead atoms. The van der Waals surface area contributed by atoms with Gasteiger partial charge in [0.05, 0.1) is 13.2 Å². The van der Waals surface area contributed by atoms with Crippen LogP contribution >= 0.6 is 0 Å². The molecule has 1 aliphatic rings. The van der Waals surface area contributed by atoms with Crippen LogP contribution in [0, 0.1) is 0 Å². The monoisotopic (exact) mass is 286 g/mol. The maximum atomic E-state index is 9.76. The Morgan fingerprint density at radius 1 is 1.40 bits per heavy atom. The number of aliphatic hydroxyl groups is 1. The average Bonchev–Trinajstić information content (AvgIpc) is 2.51. The van der Waals surface area contributed by atoms with Crippen molar-refractivity contribution in [3.8, 4) is 0 Å². The molecule has 4 nitrogen and oxygen atoms in total. The quantitative estimate of drug-likeness (QED) is 0.681. The van der Waals surface area contributed by atoms with Crippen LogP contribution in [0.25, 0.3) is 0 Å². The highest BCUT2D eigenvalue weighted by atomic mass is 16.5. The standard InChI is InChI=1S/C16H34N2O2/c1-5-14(6-2)18(10-11-20-4)15-8-7-9-16(12-15,13-19)17-3/h14-15,17,19H,5-13H2,1-4H3. The van der Waals surface area contributed by atoms with Gasteiger partial charge in [0.15, 0.2) is 0 Å². The van der Waals surface area contributed by atoms with Crippen molar-refractivity contribution < 1.29 is 9.84 Å². The lowest BCUT2D eigenvalue weighted by molar-refractivity contribution is 0.0239. The number of ether oxygens (including phenoxy) is 1. The minimum atomic E-state index is -0.0831. The van der Waals surface area contributed by atoms with Gasteiger partial charge in [-0.3, -0.25) is 4.90 Å². The first-order valence-electron chi connectivity index (χ1n) is 8.20. The summed E-state index contributed by atoms with van der Waals surface area (Å²) in [6, 6.07) is 1.19. The Hall–Kier alpha value is -0.160. The topological polar surface area (TPSA) is 44.7 Å². The first-order chi connectivity index (χ1) is 9.66. The van der Waals surface area contributed by atoms with E-state index in [1.54, 1.807) is 7.11 Å². The lowest BCUT2D eigenvalue weighted by Gasteiger charge is -2.46. The molecular formula is C16H34N2O2. The predicted octanol–water partition coefficient (Wildman–Crippen LogP) is 2.02. The van der Waals surface area contributed by atoms with Crippen LogP contribution in [0.4, 0.5) is 0 Å². The molecule has 0 aromatic heterocycles. The van der Waals surface area contributed by atoms with Crippen LogP contribution < -0.4 is 5.32 Å². The summed E-state index contributed by atoms with van der Waals surface area (Å²) in [5.74, 6) is 0. The molecule has 0 heterocycles. The number of nitrogens with one attached hydrogen (secondary N) is 1. The molecule has 1 aliphatic carbocycles. The molecule has 2 atom stereocenters. The Labute approximate surface area is 124 Å². The molecule has 2 N–H and O–H groups in total. The van der Waals surface area contributed by atoms with E-state index in [4.69, 9.17) is 4.74 Å². The lowest BCUT2D eigenvalue weighted by atomic mass is 9.78. The van der Waals surface area contributed by atoms with Gasteiger partial charge in [-0.15, -0.1) is 0 Å². The molecule has 0 aromatic rings. The summed E-state index contributed by atoms with van der Waals surface area (Å²) in [5, 5.41) is 13.1. The first-order valence-corrected chi connectivity index (χ1v) is 8.20. The first kappa shape index (κ1) is 17.9. The van der Waals surface area contributed by atoms with Gasteiger partial charge in [0.2, 0.25) is 0 Å². The summed E-state index contributed by atoms with van der Waals surface area (Å²) < 4.78 is 5.30. The molecular weight excluding hydrogens is 252 g/mol. The highest BCUT2D eigenvalue weighted by Gasteiger charge is 2.37. The highest BCUT2D eigenvalue weighted by molar-refractivity contribution is 4.96. The summed E-state index contributed by atoms with van der Waals surface area (Å²) in [6.45, 7) is 6.57. The third-order valence-electron chi connectivity index (χ3n) is 5.09. The van der Waals surface area contributed by atoms with Crippen molar-refractivity contribution in [1.82, 2.24) is 10.2 Å². The molecule has 1 rings (SSSR count). The van der Waals surface area contributed by atoms with Gasteiger partial charge in [-0.25, -0.2) is 0 Å². The molecule has 1 fully saturated rings. The number of hydrogen-bond donors (Lipinski definition) is 2. The molecule has 0 spiro atoms. The molecule has 120 valence electrons. The van der Waals surface area contributed by atoms with Crippen LogP contribution in [0.1, 0.15) is 52.4 Å². The number of methoxy groups -OCH3 is 1. The van der Waals surface area contributed by atoms with Gasteiger partial charge in [0, 0.05) is 31.3 Å². The Morgan fingerprint density at radius 2 is 2.10 bits per heavy atom. The second-order valence-corrected chi connectivity index (χ2v) is 6.14. The van der Waals surface area contributed by atoms with Crippen molar-refractivity contribution in [2.45, 2.75) is 70.0 Å². The SMILES string of the molecule is CCC(CC)N(CCOC)C1CCCC(CO)(NC)C1. The Morgan fingerprint density at radius 3 is 2.60 bits per heavy atom. The Balaban J connectivity index is 2.78. The zero-order valence-corrected chi connectivity index (χ0v) is 13.8. The molecule has 0 radical (unpaired) electrons. The number of aliphatic hydroxyl groups excluding tert-OH is 1. The van der Waals surface area contributed by atoms with E-state index in [-0.39, 0.29) is 12.1 Å². The molecule has 0 amide bonds. The van der Waals surface area contributed by atoms with Crippen LogP contribution in [0.2, 0.25) is 0 Å². The van der Waals surface area contributed by atoms with Crippen LogP contribution in [0.5, 0.6) is 0 Å². The number of hydrogen-bond acceptors (Lipinski definition) is 4. The zero-order chi connectivity index (χ0) is 15.0. The minimum Gasteiger partial charge on any atom is -0.394 e. The lowest BCUT2D eigenvalue weighted by Crippen LogP contribution is -2.56. The number of rotatable bonds is 9. The van der Waals surface area contributed by atoms with E-state index in [0.717, 1.165) is 26.0 Å². The maximum Gasteiger partial charge on any atom is 0.0613 e. The Kier molecular flexibility index (Phi) is 8.03.